The minimum absolute atomic E-state index is 0.00549. The molecule has 0 spiro atoms. The number of hydrogen-bond donors (Lipinski definition) is 3. The van der Waals surface area contributed by atoms with Crippen LogP contribution in [-0.2, 0) is 9.53 Å². The predicted octanol–water partition coefficient (Wildman–Crippen LogP) is 6.53. The number of likely N-dealkylation sites (N-methyl/N-ethyl adjacent to an activating group) is 1. The van der Waals surface area contributed by atoms with Crippen LogP contribution >= 0.6 is 0 Å². The zero-order chi connectivity index (χ0) is 31.6. The lowest BCUT2D eigenvalue weighted by Crippen LogP contribution is -2.51. The molecule has 0 aromatic carbocycles. The van der Waals surface area contributed by atoms with Crippen LogP contribution in [0.25, 0.3) is 0 Å². The van der Waals surface area contributed by atoms with Gasteiger partial charge in [0.1, 0.15) is 6.10 Å². The van der Waals surface area contributed by atoms with E-state index in [1.165, 1.54) is 51.4 Å². The van der Waals surface area contributed by atoms with Crippen molar-refractivity contribution in [2.24, 2.45) is 46.3 Å². The molecule has 4 aliphatic carbocycles. The van der Waals surface area contributed by atoms with Gasteiger partial charge in [0, 0.05) is 32.1 Å². The van der Waals surface area contributed by atoms with Crippen molar-refractivity contribution < 1.29 is 14.3 Å². The van der Waals surface area contributed by atoms with Gasteiger partial charge in [0.05, 0.1) is 6.04 Å². The minimum Gasteiger partial charge on any atom is -0.446 e. The summed E-state index contributed by atoms with van der Waals surface area (Å²) in [6.07, 6.45) is 16.7. The van der Waals surface area contributed by atoms with Crippen LogP contribution in [0.1, 0.15) is 112 Å². The highest BCUT2D eigenvalue weighted by Crippen LogP contribution is 2.67. The summed E-state index contributed by atoms with van der Waals surface area (Å²) in [5.74, 6) is 5.02. The minimum atomic E-state index is -0.332. The molecule has 44 heavy (non-hydrogen) atoms. The zero-order valence-corrected chi connectivity index (χ0v) is 29.1. The maximum atomic E-state index is 12.9. The van der Waals surface area contributed by atoms with Crippen molar-refractivity contribution >= 4 is 12.0 Å². The van der Waals surface area contributed by atoms with Crippen LogP contribution in [0.3, 0.4) is 0 Å². The number of allylic oxidation sites excluding steroid dienone is 1. The highest BCUT2D eigenvalue weighted by Gasteiger charge is 2.59. The lowest BCUT2D eigenvalue weighted by molar-refractivity contribution is -0.122. The van der Waals surface area contributed by atoms with Crippen molar-refractivity contribution in [2.45, 2.75) is 130 Å². The molecule has 5 aliphatic rings. The predicted molar refractivity (Wildman–Crippen MR) is 178 cm³/mol. The van der Waals surface area contributed by atoms with Crippen LogP contribution in [0.15, 0.2) is 11.6 Å². The summed E-state index contributed by atoms with van der Waals surface area (Å²) in [4.78, 5) is 27.4. The number of nitrogens with zero attached hydrogens (tertiary/aromatic N) is 1. The average molecular weight is 613 g/mol. The number of rotatable bonds is 11. The molecule has 3 N–H and O–H groups in total. The maximum Gasteiger partial charge on any atom is 0.407 e. The largest absolute Gasteiger partial charge is 0.446 e. The zero-order valence-electron chi connectivity index (χ0n) is 29.1. The number of nitrogens with one attached hydrogen (secondary N) is 3. The van der Waals surface area contributed by atoms with E-state index in [-0.39, 0.29) is 35.6 Å². The molecular formula is C37H64N4O3. The molecule has 0 radical (unpaired) electrons. The Kier molecular flexibility index (Phi) is 10.8. The SMILES string of the molecule is CC(C)CCCC(C)[C@H]1CCC2C3CC=C4C[C@@H](OC(=O)N[C@@H]5CNC(C(=O)NCCN(C)C)C5)CC[C@]4(C)C3CC[C@@]21C. The van der Waals surface area contributed by atoms with Crippen molar-refractivity contribution in [2.75, 3.05) is 33.7 Å². The monoisotopic (exact) mass is 612 g/mol. The van der Waals surface area contributed by atoms with Gasteiger partial charge in [-0.3, -0.25) is 4.79 Å². The van der Waals surface area contributed by atoms with Gasteiger partial charge in [-0.05, 0) is 112 Å². The number of amides is 2. The normalized spacial score (nSPS) is 38.8. The average Bonchev–Trinajstić information content (AvgIpc) is 3.57. The van der Waals surface area contributed by atoms with Gasteiger partial charge in [0.15, 0.2) is 0 Å². The quantitative estimate of drug-likeness (QED) is 0.231. The number of carbonyl (C=O) groups is 2. The smallest absolute Gasteiger partial charge is 0.407 e. The summed E-state index contributed by atoms with van der Waals surface area (Å²) in [5.41, 5.74) is 2.32. The van der Waals surface area contributed by atoms with Gasteiger partial charge in [0.25, 0.3) is 0 Å². The first kappa shape index (κ1) is 33.8. The van der Waals surface area contributed by atoms with Gasteiger partial charge < -0.3 is 25.6 Å². The van der Waals surface area contributed by atoms with Gasteiger partial charge in [-0.15, -0.1) is 0 Å². The molecule has 2 amide bonds. The second-order valence-corrected chi connectivity index (χ2v) is 16.7. The summed E-state index contributed by atoms with van der Waals surface area (Å²) in [6.45, 7) is 14.5. The lowest BCUT2D eigenvalue weighted by atomic mass is 9.47. The number of ether oxygens (including phenoxy) is 1. The van der Waals surface area contributed by atoms with Crippen molar-refractivity contribution in [3.05, 3.63) is 11.6 Å². The molecule has 1 saturated heterocycles. The Hall–Kier alpha value is -1.60. The molecule has 5 rings (SSSR count). The van der Waals surface area contributed by atoms with E-state index >= 15 is 0 Å². The molecule has 4 fully saturated rings. The molecular weight excluding hydrogens is 548 g/mol. The number of carbonyl (C=O) groups excluding carboxylic acids is 2. The molecule has 1 aliphatic heterocycles. The van der Waals surface area contributed by atoms with E-state index < -0.39 is 0 Å². The molecule has 0 aromatic rings. The van der Waals surface area contributed by atoms with Crippen molar-refractivity contribution in [1.29, 1.82) is 0 Å². The fourth-order valence-corrected chi connectivity index (χ4v) is 10.7. The Balaban J connectivity index is 1.12. The Morgan fingerprint density at radius 3 is 2.61 bits per heavy atom. The lowest BCUT2D eigenvalue weighted by Gasteiger charge is -2.58. The van der Waals surface area contributed by atoms with E-state index in [9.17, 15) is 9.59 Å². The van der Waals surface area contributed by atoms with Gasteiger partial charge in [-0.2, -0.15) is 0 Å². The first-order valence-corrected chi connectivity index (χ1v) is 18.2. The molecule has 7 nitrogen and oxygen atoms in total. The van der Waals surface area contributed by atoms with Gasteiger partial charge in [-0.25, -0.2) is 4.79 Å². The van der Waals surface area contributed by atoms with Gasteiger partial charge >= 0.3 is 6.09 Å². The molecule has 250 valence electrons. The summed E-state index contributed by atoms with van der Waals surface area (Å²) in [6, 6.07) is -0.348. The maximum absolute atomic E-state index is 12.9. The number of hydrogen-bond acceptors (Lipinski definition) is 5. The van der Waals surface area contributed by atoms with E-state index in [0.29, 0.717) is 24.9 Å². The van der Waals surface area contributed by atoms with Crippen LogP contribution in [0, 0.1) is 46.3 Å². The second-order valence-electron chi connectivity index (χ2n) is 16.7. The van der Waals surface area contributed by atoms with Crippen molar-refractivity contribution in [1.82, 2.24) is 20.9 Å². The standard InChI is InChI=1S/C37H64N4O3/c1-24(2)9-8-10-25(3)30-13-14-31-29-12-11-26-21-28(15-17-36(26,4)32(29)16-18-37(30,31)5)44-35(43)40-27-22-33(39-23-27)34(42)38-19-20-41(6)7/h11,24-25,27-33,39H,8-10,12-23H2,1-7H3,(H,38,42)(H,40,43)/t25?,27-,28-,29?,30+,31?,32?,33?,36-,37+/m0/s1. The van der Waals surface area contributed by atoms with Crippen LogP contribution in [0.5, 0.6) is 0 Å². The molecule has 10 atom stereocenters. The third kappa shape index (κ3) is 7.19. The molecule has 0 bridgehead atoms. The topological polar surface area (TPSA) is 82.7 Å². The molecule has 5 unspecified atom stereocenters. The van der Waals surface area contributed by atoms with Crippen LogP contribution in [0.2, 0.25) is 0 Å². The van der Waals surface area contributed by atoms with Gasteiger partial charge in [-0.1, -0.05) is 65.5 Å². The van der Waals surface area contributed by atoms with Crippen molar-refractivity contribution in [3.8, 4) is 0 Å². The molecule has 3 saturated carbocycles. The summed E-state index contributed by atoms with van der Waals surface area (Å²) < 4.78 is 6.02. The highest BCUT2D eigenvalue weighted by molar-refractivity contribution is 5.82. The summed E-state index contributed by atoms with van der Waals surface area (Å²) in [7, 11) is 3.98. The Morgan fingerprint density at radius 1 is 1.07 bits per heavy atom. The molecule has 1 heterocycles. The van der Waals surface area contributed by atoms with Crippen LogP contribution in [0.4, 0.5) is 4.79 Å². The summed E-state index contributed by atoms with van der Waals surface area (Å²) >= 11 is 0. The van der Waals surface area contributed by atoms with E-state index in [4.69, 9.17) is 4.74 Å². The second kappa shape index (κ2) is 14.0. The van der Waals surface area contributed by atoms with E-state index in [1.54, 1.807) is 5.57 Å². The third-order valence-electron chi connectivity index (χ3n) is 13.2. The van der Waals surface area contributed by atoms with Crippen LogP contribution in [-0.4, -0.2) is 68.8 Å². The Labute approximate surface area is 268 Å². The van der Waals surface area contributed by atoms with E-state index in [2.05, 4.69) is 56.6 Å². The number of alkyl carbamates (subject to hydrolysis) is 1. The fraction of sp³-hybridized carbons (Fsp3) is 0.892. The van der Waals surface area contributed by atoms with Crippen molar-refractivity contribution in [3.63, 3.8) is 0 Å². The first-order valence-electron chi connectivity index (χ1n) is 18.2. The van der Waals surface area contributed by atoms with E-state index in [1.807, 2.05) is 19.0 Å². The first-order chi connectivity index (χ1) is 20.9. The Morgan fingerprint density at radius 2 is 1.86 bits per heavy atom. The molecule has 0 aromatic heterocycles. The van der Waals surface area contributed by atoms with Crippen LogP contribution < -0.4 is 16.0 Å². The molecule has 7 heteroatoms. The fourth-order valence-electron chi connectivity index (χ4n) is 10.7. The summed E-state index contributed by atoms with van der Waals surface area (Å²) in [5, 5.41) is 9.28. The Bertz CT molecular complexity index is 1040. The van der Waals surface area contributed by atoms with Gasteiger partial charge in [0.2, 0.25) is 5.91 Å². The number of fused-ring (bicyclic) bond motifs is 5. The van der Waals surface area contributed by atoms with E-state index in [0.717, 1.165) is 61.3 Å². The third-order valence-corrected chi connectivity index (χ3v) is 13.2. The highest BCUT2D eigenvalue weighted by atomic mass is 16.6.